The van der Waals surface area contributed by atoms with Crippen LogP contribution in [0.5, 0.6) is 0 Å². The van der Waals surface area contributed by atoms with Crippen LogP contribution in [0.1, 0.15) is 72.1 Å². The largest absolute Gasteiger partial charge is 0.370 e. The minimum atomic E-state index is -0.758. The molecule has 0 fully saturated rings. The van der Waals surface area contributed by atoms with Crippen LogP contribution in [-0.4, -0.2) is 61.3 Å². The van der Waals surface area contributed by atoms with E-state index in [0.717, 1.165) is 12.8 Å². The summed E-state index contributed by atoms with van der Waals surface area (Å²) in [5, 5.41) is 11.0. The van der Waals surface area contributed by atoms with Crippen molar-refractivity contribution in [3.8, 4) is 0 Å². The Morgan fingerprint density at radius 3 is 2.09 bits per heavy atom. The van der Waals surface area contributed by atoms with Crippen molar-refractivity contribution in [3.05, 3.63) is 0 Å². The predicted octanol–water partition coefficient (Wildman–Crippen LogP) is -0.358. The predicted molar refractivity (Wildman–Crippen MR) is 125 cm³/mol. The fraction of sp³-hybridized carbons (Fsp3) is 0.762. The Labute approximate surface area is 190 Å². The van der Waals surface area contributed by atoms with Crippen LogP contribution in [0.3, 0.4) is 0 Å². The fourth-order valence-electron chi connectivity index (χ4n) is 2.95. The van der Waals surface area contributed by atoms with Crippen LogP contribution in [0.2, 0.25) is 0 Å². The third kappa shape index (κ3) is 15.0. The number of nitrogens with zero attached hydrogens (tertiary/aromatic N) is 1. The van der Waals surface area contributed by atoms with Crippen molar-refractivity contribution in [2.75, 3.05) is 19.6 Å². The Kier molecular flexibility index (Phi) is 16.2. The number of nitrogens with one attached hydrogen (secondary N) is 4. The summed E-state index contributed by atoms with van der Waals surface area (Å²) >= 11 is 0. The topological polar surface area (TPSA) is 181 Å². The van der Waals surface area contributed by atoms with Crippen LogP contribution in [0, 0.1) is 0 Å². The molecule has 0 rings (SSSR count). The average molecular weight is 456 g/mol. The second kappa shape index (κ2) is 17.8. The lowest BCUT2D eigenvalue weighted by Crippen LogP contribution is -2.53. The number of likely N-dealkylation sites (N-methyl/N-ethyl adjacent to an activating group) is 1. The maximum atomic E-state index is 12.9. The number of nitrogens with two attached hydrogens (primary N) is 2. The molecule has 2 atom stereocenters. The standard InChI is InChI=1S/C21H41N7O4/c1-4-6-12-18(30)27-17(10-7-8-13-25-15(3)29)20(32)28-16(19(31)24-5-2)11-9-14-26-21(22)23/h16-17H,4-14H2,1-3H3,(H,24,31)(H,25,29)(H,27,30)(H,28,32)(H4,22,23,26)/t16-,17-/m1/s1. The second-order valence-corrected chi connectivity index (χ2v) is 7.61. The van der Waals surface area contributed by atoms with E-state index >= 15 is 0 Å². The lowest BCUT2D eigenvalue weighted by atomic mass is 10.1. The number of aliphatic imine (C=N–C) groups is 1. The first kappa shape index (κ1) is 29.1. The number of carbonyl (C=O) groups is 4. The highest BCUT2D eigenvalue weighted by molar-refractivity contribution is 5.92. The van der Waals surface area contributed by atoms with Crippen molar-refractivity contribution >= 4 is 29.6 Å². The van der Waals surface area contributed by atoms with Crippen LogP contribution in [0.25, 0.3) is 0 Å². The molecule has 0 unspecified atom stereocenters. The van der Waals surface area contributed by atoms with Gasteiger partial charge in [0.05, 0.1) is 0 Å². The number of carbonyl (C=O) groups excluding carboxylic acids is 4. The SMILES string of the molecule is CCCCC(=O)N[C@H](CCCCNC(C)=O)C(=O)N[C@H](CCCN=C(N)N)C(=O)NCC. The summed E-state index contributed by atoms with van der Waals surface area (Å²) in [5.41, 5.74) is 10.6. The van der Waals surface area contributed by atoms with Crippen molar-refractivity contribution in [1.82, 2.24) is 21.3 Å². The molecular weight excluding hydrogens is 414 g/mol. The van der Waals surface area contributed by atoms with Crippen molar-refractivity contribution in [3.63, 3.8) is 0 Å². The van der Waals surface area contributed by atoms with Crippen LogP contribution >= 0.6 is 0 Å². The molecule has 0 heterocycles. The highest BCUT2D eigenvalue weighted by Crippen LogP contribution is 2.06. The molecule has 0 bridgehead atoms. The molecule has 0 aromatic heterocycles. The van der Waals surface area contributed by atoms with Gasteiger partial charge in [-0.1, -0.05) is 13.3 Å². The lowest BCUT2D eigenvalue weighted by Gasteiger charge is -2.23. The number of unbranched alkanes of at least 4 members (excludes halogenated alkanes) is 2. The zero-order valence-corrected chi connectivity index (χ0v) is 19.7. The number of amides is 4. The van der Waals surface area contributed by atoms with E-state index in [-0.39, 0.29) is 23.7 Å². The Morgan fingerprint density at radius 2 is 1.50 bits per heavy atom. The Hall–Kier alpha value is -2.85. The van der Waals surface area contributed by atoms with Gasteiger partial charge in [-0.15, -0.1) is 0 Å². The van der Waals surface area contributed by atoms with Crippen molar-refractivity contribution in [2.45, 2.75) is 84.2 Å². The zero-order valence-electron chi connectivity index (χ0n) is 19.7. The van der Waals surface area contributed by atoms with E-state index in [4.69, 9.17) is 11.5 Å². The molecule has 32 heavy (non-hydrogen) atoms. The fourth-order valence-corrected chi connectivity index (χ4v) is 2.95. The van der Waals surface area contributed by atoms with Crippen molar-refractivity contribution in [2.24, 2.45) is 16.5 Å². The van der Waals surface area contributed by atoms with E-state index in [0.29, 0.717) is 58.2 Å². The second-order valence-electron chi connectivity index (χ2n) is 7.61. The molecule has 0 saturated carbocycles. The van der Waals surface area contributed by atoms with Gasteiger partial charge in [0.2, 0.25) is 23.6 Å². The van der Waals surface area contributed by atoms with Gasteiger partial charge < -0.3 is 32.7 Å². The Balaban J connectivity index is 5.06. The van der Waals surface area contributed by atoms with Gasteiger partial charge in [0.1, 0.15) is 12.1 Å². The maximum absolute atomic E-state index is 12.9. The Bertz CT molecular complexity index is 621. The molecule has 0 aliphatic carbocycles. The summed E-state index contributed by atoms with van der Waals surface area (Å²) in [6, 6.07) is -1.52. The minimum Gasteiger partial charge on any atom is -0.370 e. The highest BCUT2D eigenvalue weighted by Gasteiger charge is 2.26. The highest BCUT2D eigenvalue weighted by atomic mass is 16.2. The average Bonchev–Trinajstić information content (AvgIpc) is 2.72. The maximum Gasteiger partial charge on any atom is 0.243 e. The van der Waals surface area contributed by atoms with Gasteiger partial charge in [-0.3, -0.25) is 24.2 Å². The third-order valence-corrected chi connectivity index (χ3v) is 4.63. The molecule has 0 spiro atoms. The molecule has 8 N–H and O–H groups in total. The van der Waals surface area contributed by atoms with E-state index in [2.05, 4.69) is 26.3 Å². The van der Waals surface area contributed by atoms with Gasteiger partial charge in [-0.2, -0.15) is 0 Å². The first-order valence-corrected chi connectivity index (χ1v) is 11.4. The Morgan fingerprint density at radius 1 is 0.844 bits per heavy atom. The molecule has 0 aliphatic heterocycles. The number of guanidine groups is 1. The summed E-state index contributed by atoms with van der Waals surface area (Å²) < 4.78 is 0. The summed E-state index contributed by atoms with van der Waals surface area (Å²) in [6.45, 7) is 6.49. The van der Waals surface area contributed by atoms with Crippen LogP contribution in [-0.2, 0) is 19.2 Å². The normalized spacial score (nSPS) is 12.2. The summed E-state index contributed by atoms with van der Waals surface area (Å²) in [4.78, 5) is 52.5. The van der Waals surface area contributed by atoms with Crippen LogP contribution in [0.4, 0.5) is 0 Å². The molecule has 184 valence electrons. The molecule has 4 amide bonds. The number of hydrogen-bond donors (Lipinski definition) is 6. The van der Waals surface area contributed by atoms with E-state index in [9.17, 15) is 19.2 Å². The molecule has 11 heteroatoms. The van der Waals surface area contributed by atoms with Crippen LogP contribution in [0.15, 0.2) is 4.99 Å². The summed E-state index contributed by atoms with van der Waals surface area (Å²) in [7, 11) is 0. The molecule has 0 aromatic rings. The molecule has 0 aromatic carbocycles. The van der Waals surface area contributed by atoms with Gasteiger partial charge in [0.15, 0.2) is 5.96 Å². The monoisotopic (exact) mass is 455 g/mol. The molecule has 11 nitrogen and oxygen atoms in total. The van der Waals surface area contributed by atoms with Crippen molar-refractivity contribution in [1.29, 1.82) is 0 Å². The van der Waals surface area contributed by atoms with Gasteiger partial charge in [0.25, 0.3) is 0 Å². The zero-order chi connectivity index (χ0) is 24.4. The molecule has 0 radical (unpaired) electrons. The van der Waals surface area contributed by atoms with E-state index < -0.39 is 18.0 Å². The number of hydrogen-bond acceptors (Lipinski definition) is 5. The minimum absolute atomic E-state index is 0.0299. The number of rotatable bonds is 17. The van der Waals surface area contributed by atoms with E-state index in [1.54, 1.807) is 6.92 Å². The van der Waals surface area contributed by atoms with Crippen molar-refractivity contribution < 1.29 is 19.2 Å². The van der Waals surface area contributed by atoms with E-state index in [1.807, 2.05) is 6.92 Å². The quantitative estimate of drug-likeness (QED) is 0.0989. The summed E-state index contributed by atoms with van der Waals surface area (Å²) in [5.74, 6) is -1.05. The first-order valence-electron chi connectivity index (χ1n) is 11.4. The molecule has 0 aliphatic rings. The van der Waals surface area contributed by atoms with Gasteiger partial charge >= 0.3 is 0 Å². The van der Waals surface area contributed by atoms with Crippen LogP contribution < -0.4 is 32.7 Å². The van der Waals surface area contributed by atoms with Gasteiger partial charge in [-0.25, -0.2) is 0 Å². The van der Waals surface area contributed by atoms with E-state index in [1.165, 1.54) is 6.92 Å². The summed E-state index contributed by atoms with van der Waals surface area (Å²) in [6.07, 6.45) is 4.50. The first-order chi connectivity index (χ1) is 15.2. The molecule has 0 saturated heterocycles. The van der Waals surface area contributed by atoms with Gasteiger partial charge in [0, 0.05) is 33.0 Å². The molecular formula is C21H41N7O4. The lowest BCUT2D eigenvalue weighted by molar-refractivity contribution is -0.132. The third-order valence-electron chi connectivity index (χ3n) is 4.63. The van der Waals surface area contributed by atoms with Gasteiger partial charge in [-0.05, 0) is 45.4 Å². The smallest absolute Gasteiger partial charge is 0.243 e.